The van der Waals surface area contributed by atoms with Gasteiger partial charge in [0.25, 0.3) is 0 Å². The van der Waals surface area contributed by atoms with Crippen LogP contribution in [0.2, 0.25) is 0 Å². The minimum Gasteiger partial charge on any atom is -0.497 e. The van der Waals surface area contributed by atoms with Crippen LogP contribution >= 0.6 is 15.9 Å². The number of hydrogen-bond donors (Lipinski definition) is 1. The van der Waals surface area contributed by atoms with E-state index in [-0.39, 0.29) is 0 Å². The van der Waals surface area contributed by atoms with Gasteiger partial charge >= 0.3 is 0 Å². The number of hydrogen-bond acceptors (Lipinski definition) is 2. The molecule has 1 atom stereocenters. The van der Waals surface area contributed by atoms with E-state index in [1.165, 1.54) is 35.7 Å². The summed E-state index contributed by atoms with van der Waals surface area (Å²) in [7, 11) is 1.73. The molecule has 21 heavy (non-hydrogen) atoms. The van der Waals surface area contributed by atoms with E-state index in [1.54, 1.807) is 7.11 Å². The normalized spacial score (nSPS) is 12.7. The number of rotatable bonds is 10. The molecule has 1 N–H and O–H groups in total. The van der Waals surface area contributed by atoms with Crippen LogP contribution < -0.4 is 10.1 Å². The van der Waals surface area contributed by atoms with Gasteiger partial charge in [0.1, 0.15) is 5.75 Å². The first-order valence-electron chi connectivity index (χ1n) is 8.21. The van der Waals surface area contributed by atoms with Crippen LogP contribution in [0, 0.1) is 5.92 Å². The monoisotopic (exact) mass is 355 g/mol. The Hall–Kier alpha value is -0.540. The topological polar surface area (TPSA) is 21.3 Å². The van der Waals surface area contributed by atoms with E-state index in [2.05, 4.69) is 54.2 Å². The minimum absolute atomic E-state index is 0.540. The third-order valence-corrected chi connectivity index (χ3v) is 4.82. The van der Waals surface area contributed by atoms with Crippen molar-refractivity contribution in [2.75, 3.05) is 13.7 Å². The van der Waals surface area contributed by atoms with Crippen molar-refractivity contribution >= 4 is 15.9 Å². The summed E-state index contributed by atoms with van der Waals surface area (Å²) in [5.74, 6) is 1.68. The summed E-state index contributed by atoms with van der Waals surface area (Å²) < 4.78 is 6.54. The third kappa shape index (κ3) is 5.99. The van der Waals surface area contributed by atoms with E-state index >= 15 is 0 Å². The van der Waals surface area contributed by atoms with E-state index in [9.17, 15) is 0 Å². The van der Waals surface area contributed by atoms with Gasteiger partial charge in [-0.3, -0.25) is 0 Å². The summed E-state index contributed by atoms with van der Waals surface area (Å²) in [5.41, 5.74) is 1.33. The fourth-order valence-corrected chi connectivity index (χ4v) is 3.44. The molecule has 0 aliphatic heterocycles. The molecule has 0 aliphatic carbocycles. The second-order valence-corrected chi connectivity index (χ2v) is 6.52. The maximum absolute atomic E-state index is 5.37. The second-order valence-electron chi connectivity index (χ2n) is 5.66. The highest BCUT2D eigenvalue weighted by Crippen LogP contribution is 2.27. The number of methoxy groups -OCH3 is 1. The molecular formula is C18H30BrNO. The Balaban J connectivity index is 2.90. The van der Waals surface area contributed by atoms with Gasteiger partial charge in [-0.1, -0.05) is 49.5 Å². The molecule has 2 nitrogen and oxygen atoms in total. The highest BCUT2D eigenvalue weighted by atomic mass is 79.9. The molecule has 1 unspecified atom stereocenters. The molecule has 0 spiro atoms. The Kier molecular flexibility index (Phi) is 9.02. The van der Waals surface area contributed by atoms with Crippen LogP contribution in [-0.4, -0.2) is 19.7 Å². The summed E-state index contributed by atoms with van der Waals surface area (Å²) in [6.07, 6.45) is 6.16. The average molecular weight is 356 g/mol. The summed E-state index contributed by atoms with van der Waals surface area (Å²) in [6.45, 7) is 7.79. The van der Waals surface area contributed by atoms with E-state index in [1.807, 2.05) is 6.07 Å². The lowest BCUT2D eigenvalue weighted by Crippen LogP contribution is -2.38. The van der Waals surface area contributed by atoms with Crippen LogP contribution in [0.15, 0.2) is 22.7 Å². The molecule has 1 aromatic carbocycles. The first kappa shape index (κ1) is 18.5. The van der Waals surface area contributed by atoms with Crippen LogP contribution in [0.4, 0.5) is 0 Å². The number of likely N-dealkylation sites (N-methyl/N-ethyl adjacent to an activating group) is 1. The molecule has 0 bridgehead atoms. The summed E-state index contributed by atoms with van der Waals surface area (Å²) in [6, 6.07) is 6.79. The van der Waals surface area contributed by atoms with Gasteiger partial charge in [0, 0.05) is 10.5 Å². The molecule has 0 saturated carbocycles. The Morgan fingerprint density at radius 3 is 2.33 bits per heavy atom. The molecule has 0 saturated heterocycles. The maximum Gasteiger partial charge on any atom is 0.119 e. The van der Waals surface area contributed by atoms with Gasteiger partial charge in [-0.25, -0.2) is 0 Å². The van der Waals surface area contributed by atoms with Gasteiger partial charge < -0.3 is 10.1 Å². The van der Waals surface area contributed by atoms with Crippen molar-refractivity contribution in [3.05, 3.63) is 28.2 Å². The quantitative estimate of drug-likeness (QED) is 0.623. The van der Waals surface area contributed by atoms with Crippen LogP contribution in [0.5, 0.6) is 5.75 Å². The Morgan fingerprint density at radius 2 is 1.81 bits per heavy atom. The summed E-state index contributed by atoms with van der Waals surface area (Å²) in [4.78, 5) is 0. The van der Waals surface area contributed by atoms with Crippen molar-refractivity contribution < 1.29 is 4.74 Å². The first-order chi connectivity index (χ1) is 10.2. The average Bonchev–Trinajstić information content (AvgIpc) is 2.48. The van der Waals surface area contributed by atoms with Gasteiger partial charge in [-0.2, -0.15) is 0 Å². The lowest BCUT2D eigenvalue weighted by Gasteiger charge is -2.28. The van der Waals surface area contributed by atoms with Gasteiger partial charge in [-0.05, 0) is 55.5 Å². The third-order valence-electron chi connectivity index (χ3n) is 4.05. The SMILES string of the molecule is CCCC(CCC)C(Cc1cc(OC)ccc1Br)NCC. The number of benzene rings is 1. The van der Waals surface area contributed by atoms with E-state index < -0.39 is 0 Å². The summed E-state index contributed by atoms with van der Waals surface area (Å²) in [5, 5.41) is 3.70. The van der Waals surface area contributed by atoms with Gasteiger partial charge in [0.2, 0.25) is 0 Å². The predicted octanol–water partition coefficient (Wildman–Crippen LogP) is 5.19. The van der Waals surface area contributed by atoms with Crippen molar-refractivity contribution in [1.29, 1.82) is 0 Å². The van der Waals surface area contributed by atoms with Crippen molar-refractivity contribution in [2.45, 2.75) is 58.9 Å². The first-order valence-corrected chi connectivity index (χ1v) is 9.01. The van der Waals surface area contributed by atoms with Crippen LogP contribution in [0.25, 0.3) is 0 Å². The molecule has 3 heteroatoms. The zero-order valence-electron chi connectivity index (χ0n) is 13.9. The Labute approximate surface area is 138 Å². The van der Waals surface area contributed by atoms with Crippen molar-refractivity contribution in [2.24, 2.45) is 5.92 Å². The highest BCUT2D eigenvalue weighted by Gasteiger charge is 2.20. The zero-order chi connectivity index (χ0) is 15.7. The van der Waals surface area contributed by atoms with Gasteiger partial charge in [0.05, 0.1) is 7.11 Å². The maximum atomic E-state index is 5.37. The fourth-order valence-electron chi connectivity index (χ4n) is 3.03. The molecule has 0 fully saturated rings. The minimum atomic E-state index is 0.540. The number of halogens is 1. The fraction of sp³-hybridized carbons (Fsp3) is 0.667. The molecule has 0 radical (unpaired) electrons. The number of ether oxygens (including phenoxy) is 1. The van der Waals surface area contributed by atoms with Crippen LogP contribution in [0.1, 0.15) is 52.0 Å². The zero-order valence-corrected chi connectivity index (χ0v) is 15.5. The summed E-state index contributed by atoms with van der Waals surface area (Å²) >= 11 is 3.68. The van der Waals surface area contributed by atoms with E-state index in [0.29, 0.717) is 6.04 Å². The lowest BCUT2D eigenvalue weighted by molar-refractivity contribution is 0.312. The van der Waals surface area contributed by atoms with Gasteiger partial charge in [0.15, 0.2) is 0 Å². The van der Waals surface area contributed by atoms with Crippen molar-refractivity contribution in [1.82, 2.24) is 5.32 Å². The molecular weight excluding hydrogens is 326 g/mol. The Morgan fingerprint density at radius 1 is 1.14 bits per heavy atom. The molecule has 1 aromatic rings. The molecule has 1 rings (SSSR count). The largest absolute Gasteiger partial charge is 0.497 e. The molecule has 0 heterocycles. The molecule has 0 amide bonds. The Bertz CT molecular complexity index is 402. The molecule has 120 valence electrons. The van der Waals surface area contributed by atoms with E-state index in [4.69, 9.17) is 4.74 Å². The number of nitrogens with one attached hydrogen (secondary N) is 1. The molecule has 0 aromatic heterocycles. The highest BCUT2D eigenvalue weighted by molar-refractivity contribution is 9.10. The second kappa shape index (κ2) is 10.2. The lowest BCUT2D eigenvalue weighted by atomic mass is 9.86. The van der Waals surface area contributed by atoms with Crippen LogP contribution in [-0.2, 0) is 6.42 Å². The standard InChI is InChI=1S/C18H30BrNO/c1-5-8-14(9-6-2)18(20-7-3)13-15-12-16(21-4)10-11-17(15)19/h10-12,14,18,20H,5-9,13H2,1-4H3. The van der Waals surface area contributed by atoms with Crippen molar-refractivity contribution in [3.8, 4) is 5.75 Å². The van der Waals surface area contributed by atoms with Crippen molar-refractivity contribution in [3.63, 3.8) is 0 Å². The van der Waals surface area contributed by atoms with Gasteiger partial charge in [-0.15, -0.1) is 0 Å². The smallest absolute Gasteiger partial charge is 0.119 e. The van der Waals surface area contributed by atoms with Crippen LogP contribution in [0.3, 0.4) is 0 Å². The predicted molar refractivity (Wildman–Crippen MR) is 95.2 cm³/mol. The molecule has 0 aliphatic rings. The van der Waals surface area contributed by atoms with E-state index in [0.717, 1.165) is 24.6 Å².